The molecule has 0 radical (unpaired) electrons. The fourth-order valence-electron chi connectivity index (χ4n) is 1.43. The lowest BCUT2D eigenvalue weighted by atomic mass is 10.1. The summed E-state index contributed by atoms with van der Waals surface area (Å²) in [5.74, 6) is 6.76. The lowest BCUT2D eigenvalue weighted by Crippen LogP contribution is -2.10. The Balaban J connectivity index is 2.36. The highest BCUT2D eigenvalue weighted by molar-refractivity contribution is 9.10. The van der Waals surface area contributed by atoms with Crippen LogP contribution in [0.25, 0.3) is 0 Å². The summed E-state index contributed by atoms with van der Waals surface area (Å²) in [4.78, 5) is 8.11. The summed E-state index contributed by atoms with van der Waals surface area (Å²) in [5, 5.41) is 0. The van der Waals surface area contributed by atoms with Crippen LogP contribution in [0.15, 0.2) is 28.9 Å². The maximum absolute atomic E-state index is 5.77. The minimum atomic E-state index is 0.304. The second kappa shape index (κ2) is 5.32. The third-order valence-corrected chi connectivity index (χ3v) is 3.15. The highest BCUT2D eigenvalue weighted by Gasteiger charge is 2.09. The molecule has 0 bridgehead atoms. The average Bonchev–Trinajstić information content (AvgIpc) is 2.37. The fraction of sp³-hybridized carbons (Fsp3) is 0.167. The van der Waals surface area contributed by atoms with E-state index in [2.05, 4.69) is 31.3 Å². The molecule has 18 heavy (non-hydrogen) atoms. The predicted octanol–water partition coefficient (Wildman–Crippen LogP) is 2.93. The normalized spacial score (nSPS) is 10.2. The van der Waals surface area contributed by atoms with E-state index in [1.54, 1.807) is 6.20 Å². The van der Waals surface area contributed by atoms with E-state index in [1.165, 1.54) is 0 Å². The number of benzene rings is 1. The molecule has 0 saturated heterocycles. The molecule has 6 heteroatoms. The number of hydrogen-bond donors (Lipinski definition) is 2. The van der Waals surface area contributed by atoms with Crippen molar-refractivity contribution in [2.75, 3.05) is 5.43 Å². The van der Waals surface area contributed by atoms with Gasteiger partial charge < -0.3 is 4.74 Å². The molecule has 0 unspecified atom stereocenters. The second-order valence-corrected chi connectivity index (χ2v) is 4.65. The van der Waals surface area contributed by atoms with Crippen molar-refractivity contribution in [3.63, 3.8) is 0 Å². The number of hydrogen-bond acceptors (Lipinski definition) is 5. The van der Waals surface area contributed by atoms with Crippen molar-refractivity contribution in [3.8, 4) is 11.6 Å². The van der Waals surface area contributed by atoms with Gasteiger partial charge in [0.15, 0.2) is 0 Å². The molecule has 0 spiro atoms. The van der Waals surface area contributed by atoms with Gasteiger partial charge in [-0.25, -0.2) is 10.8 Å². The van der Waals surface area contributed by atoms with Gasteiger partial charge in [0.25, 0.3) is 0 Å². The van der Waals surface area contributed by atoms with E-state index in [0.29, 0.717) is 16.3 Å². The third-order valence-electron chi connectivity index (χ3n) is 2.60. The standard InChI is InChI=1S/C12H13BrN4O/c1-7-4-3-5-10(8(7)2)18-11-9(13)6-15-12(16-11)17-14/h3-6H,14H2,1-2H3,(H,15,16,17). The molecule has 1 aromatic carbocycles. The Morgan fingerprint density at radius 3 is 2.83 bits per heavy atom. The Labute approximate surface area is 113 Å². The molecule has 0 aliphatic carbocycles. The Kier molecular flexibility index (Phi) is 3.78. The van der Waals surface area contributed by atoms with Crippen LogP contribution in [0.2, 0.25) is 0 Å². The Morgan fingerprint density at radius 1 is 1.33 bits per heavy atom. The van der Waals surface area contributed by atoms with Gasteiger partial charge in [0.1, 0.15) is 5.75 Å². The monoisotopic (exact) mass is 308 g/mol. The van der Waals surface area contributed by atoms with Crippen LogP contribution in [-0.4, -0.2) is 9.97 Å². The number of nitrogens with one attached hydrogen (secondary N) is 1. The largest absolute Gasteiger partial charge is 0.437 e. The number of anilines is 1. The van der Waals surface area contributed by atoms with Gasteiger partial charge in [-0.2, -0.15) is 4.98 Å². The second-order valence-electron chi connectivity index (χ2n) is 3.79. The molecule has 1 aromatic heterocycles. The van der Waals surface area contributed by atoms with Crippen molar-refractivity contribution >= 4 is 21.9 Å². The molecule has 0 aliphatic heterocycles. The van der Waals surface area contributed by atoms with Crippen LogP contribution in [-0.2, 0) is 0 Å². The lowest BCUT2D eigenvalue weighted by Gasteiger charge is -2.11. The highest BCUT2D eigenvalue weighted by atomic mass is 79.9. The average molecular weight is 309 g/mol. The van der Waals surface area contributed by atoms with E-state index in [0.717, 1.165) is 16.9 Å². The molecule has 2 aromatic rings. The number of ether oxygens (including phenoxy) is 1. The number of halogens is 1. The molecule has 0 saturated carbocycles. The van der Waals surface area contributed by atoms with Gasteiger partial charge >= 0.3 is 0 Å². The maximum Gasteiger partial charge on any atom is 0.240 e. The number of aromatic nitrogens is 2. The van der Waals surface area contributed by atoms with Crippen LogP contribution >= 0.6 is 15.9 Å². The summed E-state index contributed by atoms with van der Waals surface area (Å²) in [6.45, 7) is 4.03. The summed E-state index contributed by atoms with van der Waals surface area (Å²) in [6.07, 6.45) is 1.59. The van der Waals surface area contributed by atoms with Crippen molar-refractivity contribution < 1.29 is 4.74 Å². The first-order valence-corrected chi connectivity index (χ1v) is 6.14. The summed E-state index contributed by atoms with van der Waals surface area (Å²) >= 11 is 3.34. The van der Waals surface area contributed by atoms with Crippen LogP contribution in [0.3, 0.4) is 0 Å². The van der Waals surface area contributed by atoms with Gasteiger partial charge in [-0.3, -0.25) is 5.43 Å². The first-order chi connectivity index (χ1) is 8.61. The van der Waals surface area contributed by atoms with Crippen molar-refractivity contribution in [1.82, 2.24) is 9.97 Å². The molecule has 0 amide bonds. The minimum Gasteiger partial charge on any atom is -0.437 e. The Hall–Kier alpha value is -1.66. The highest BCUT2D eigenvalue weighted by Crippen LogP contribution is 2.30. The summed E-state index contributed by atoms with van der Waals surface area (Å²) in [5.41, 5.74) is 4.62. The van der Waals surface area contributed by atoms with Crippen LogP contribution in [0.5, 0.6) is 11.6 Å². The zero-order chi connectivity index (χ0) is 13.1. The number of nitrogens with two attached hydrogens (primary N) is 1. The van der Waals surface area contributed by atoms with Gasteiger partial charge in [0.2, 0.25) is 11.8 Å². The number of rotatable bonds is 3. The lowest BCUT2D eigenvalue weighted by molar-refractivity contribution is 0.455. The number of nitrogen functional groups attached to an aromatic ring is 1. The molecule has 94 valence electrons. The van der Waals surface area contributed by atoms with Gasteiger partial charge in [-0.15, -0.1) is 0 Å². The molecule has 5 nitrogen and oxygen atoms in total. The molecular weight excluding hydrogens is 296 g/mol. The molecule has 0 aliphatic rings. The van der Waals surface area contributed by atoms with E-state index >= 15 is 0 Å². The quantitative estimate of drug-likeness (QED) is 0.673. The fourth-order valence-corrected chi connectivity index (χ4v) is 1.70. The minimum absolute atomic E-state index is 0.304. The molecule has 2 rings (SSSR count). The Bertz CT molecular complexity index is 574. The van der Waals surface area contributed by atoms with Gasteiger partial charge in [0.05, 0.1) is 10.7 Å². The van der Waals surface area contributed by atoms with E-state index < -0.39 is 0 Å². The van der Waals surface area contributed by atoms with Gasteiger partial charge in [-0.05, 0) is 47.0 Å². The van der Waals surface area contributed by atoms with Crippen molar-refractivity contribution in [3.05, 3.63) is 40.0 Å². The predicted molar refractivity (Wildman–Crippen MR) is 73.5 cm³/mol. The number of hydrazine groups is 1. The summed E-state index contributed by atoms with van der Waals surface area (Å²) < 4.78 is 6.44. The first kappa shape index (κ1) is 12.8. The zero-order valence-electron chi connectivity index (χ0n) is 10.1. The van der Waals surface area contributed by atoms with Gasteiger partial charge in [-0.1, -0.05) is 12.1 Å². The smallest absolute Gasteiger partial charge is 0.240 e. The molecule has 0 fully saturated rings. The SMILES string of the molecule is Cc1cccc(Oc2nc(NN)ncc2Br)c1C. The summed E-state index contributed by atoms with van der Waals surface area (Å²) in [7, 11) is 0. The molecule has 1 heterocycles. The van der Waals surface area contributed by atoms with Crippen LogP contribution in [0.1, 0.15) is 11.1 Å². The van der Waals surface area contributed by atoms with Crippen molar-refractivity contribution in [2.45, 2.75) is 13.8 Å². The van der Waals surface area contributed by atoms with E-state index in [1.807, 2.05) is 32.0 Å². The van der Waals surface area contributed by atoms with Crippen LogP contribution < -0.4 is 16.0 Å². The third kappa shape index (κ3) is 2.60. The van der Waals surface area contributed by atoms with Crippen LogP contribution in [0.4, 0.5) is 5.95 Å². The topological polar surface area (TPSA) is 73.1 Å². The maximum atomic E-state index is 5.77. The molecule has 0 atom stereocenters. The zero-order valence-corrected chi connectivity index (χ0v) is 11.7. The van der Waals surface area contributed by atoms with E-state index in [-0.39, 0.29) is 0 Å². The van der Waals surface area contributed by atoms with Crippen molar-refractivity contribution in [1.29, 1.82) is 0 Å². The number of nitrogens with zero attached hydrogens (tertiary/aromatic N) is 2. The van der Waals surface area contributed by atoms with Crippen LogP contribution in [0, 0.1) is 13.8 Å². The van der Waals surface area contributed by atoms with E-state index in [9.17, 15) is 0 Å². The first-order valence-electron chi connectivity index (χ1n) is 5.35. The van der Waals surface area contributed by atoms with Gasteiger partial charge in [0, 0.05) is 0 Å². The number of aryl methyl sites for hydroxylation is 1. The van der Waals surface area contributed by atoms with E-state index in [4.69, 9.17) is 10.6 Å². The molecular formula is C12H13BrN4O. The Morgan fingerprint density at radius 2 is 2.11 bits per heavy atom. The molecule has 3 N–H and O–H groups in total. The van der Waals surface area contributed by atoms with Crippen molar-refractivity contribution in [2.24, 2.45) is 5.84 Å². The summed E-state index contributed by atoms with van der Waals surface area (Å²) in [6, 6.07) is 5.87.